The molecule has 0 aliphatic carbocycles. The Morgan fingerprint density at radius 2 is 1.71 bits per heavy atom. The van der Waals surface area contributed by atoms with Gasteiger partial charge in [0.25, 0.3) is 5.91 Å². The lowest BCUT2D eigenvalue weighted by Gasteiger charge is -2.38. The van der Waals surface area contributed by atoms with Crippen molar-refractivity contribution in [3.8, 4) is 0 Å². The van der Waals surface area contributed by atoms with Gasteiger partial charge in [-0.05, 0) is 53.9 Å². The number of carbonyl (C=O) groups is 1. The summed E-state index contributed by atoms with van der Waals surface area (Å²) in [6.07, 6.45) is 1.73. The molecule has 0 aromatic heterocycles. The lowest BCUT2D eigenvalue weighted by atomic mass is 10.0. The van der Waals surface area contributed by atoms with Crippen molar-refractivity contribution in [2.45, 2.75) is 25.9 Å². The van der Waals surface area contributed by atoms with Crippen molar-refractivity contribution in [1.29, 1.82) is 0 Å². The molecule has 5 heteroatoms. The first kappa shape index (κ1) is 18.9. The molecule has 3 nitrogen and oxygen atoms in total. The van der Waals surface area contributed by atoms with E-state index in [4.69, 9.17) is 23.2 Å². The minimum Gasteiger partial charge on any atom is -0.360 e. The highest BCUT2D eigenvalue weighted by Gasteiger charge is 2.34. The molecule has 0 saturated heterocycles. The SMILES string of the molecule is CCCc1ccc(N2C(=O)c3ccccc3NC2c2ccc(Cl)c(Cl)c2)cc1. The van der Waals surface area contributed by atoms with Crippen LogP contribution < -0.4 is 10.2 Å². The number of aryl methyl sites for hydroxylation is 1. The first-order valence-corrected chi connectivity index (χ1v) is 10.1. The van der Waals surface area contributed by atoms with E-state index in [1.165, 1.54) is 5.56 Å². The minimum absolute atomic E-state index is 0.0475. The van der Waals surface area contributed by atoms with Crippen molar-refractivity contribution in [3.05, 3.63) is 93.5 Å². The van der Waals surface area contributed by atoms with E-state index in [1.807, 2.05) is 42.5 Å². The van der Waals surface area contributed by atoms with Gasteiger partial charge in [0.2, 0.25) is 0 Å². The maximum atomic E-state index is 13.4. The lowest BCUT2D eigenvalue weighted by Crippen LogP contribution is -2.43. The molecule has 3 aromatic carbocycles. The van der Waals surface area contributed by atoms with Crippen LogP contribution in [0.3, 0.4) is 0 Å². The molecule has 0 bridgehead atoms. The molecule has 4 rings (SSSR count). The number of hydrogen-bond donors (Lipinski definition) is 1. The molecule has 28 heavy (non-hydrogen) atoms. The largest absolute Gasteiger partial charge is 0.360 e. The van der Waals surface area contributed by atoms with E-state index in [9.17, 15) is 4.79 Å². The number of nitrogens with zero attached hydrogens (tertiary/aromatic N) is 1. The Balaban J connectivity index is 1.81. The third kappa shape index (κ3) is 3.48. The number of hydrogen-bond acceptors (Lipinski definition) is 2. The van der Waals surface area contributed by atoms with Gasteiger partial charge in [0.1, 0.15) is 6.17 Å². The summed E-state index contributed by atoms with van der Waals surface area (Å²) < 4.78 is 0. The maximum absolute atomic E-state index is 13.4. The predicted octanol–water partition coefficient (Wildman–Crippen LogP) is 6.72. The summed E-state index contributed by atoms with van der Waals surface area (Å²) in [5.74, 6) is -0.0475. The molecule has 3 aromatic rings. The zero-order valence-electron chi connectivity index (χ0n) is 15.5. The summed E-state index contributed by atoms with van der Waals surface area (Å²) in [5, 5.41) is 4.43. The molecular formula is C23H20Cl2N2O. The number of anilines is 2. The molecule has 1 aliphatic rings. The van der Waals surface area contributed by atoms with Gasteiger partial charge < -0.3 is 5.32 Å². The lowest BCUT2D eigenvalue weighted by molar-refractivity contribution is 0.0975. The topological polar surface area (TPSA) is 32.3 Å². The fourth-order valence-electron chi connectivity index (χ4n) is 3.55. The monoisotopic (exact) mass is 410 g/mol. The number of amides is 1. The number of nitrogens with one attached hydrogen (secondary N) is 1. The minimum atomic E-state index is -0.380. The van der Waals surface area contributed by atoms with Gasteiger partial charge in [0, 0.05) is 11.4 Å². The average Bonchev–Trinajstić information content (AvgIpc) is 2.71. The Morgan fingerprint density at radius 1 is 0.964 bits per heavy atom. The van der Waals surface area contributed by atoms with Crippen LogP contribution in [0.2, 0.25) is 10.0 Å². The van der Waals surface area contributed by atoms with Crippen molar-refractivity contribution in [2.24, 2.45) is 0 Å². The van der Waals surface area contributed by atoms with Crippen molar-refractivity contribution in [3.63, 3.8) is 0 Å². The fraction of sp³-hybridized carbons (Fsp3) is 0.174. The zero-order chi connectivity index (χ0) is 19.7. The highest BCUT2D eigenvalue weighted by molar-refractivity contribution is 6.42. The van der Waals surface area contributed by atoms with Crippen LogP contribution in [0.4, 0.5) is 11.4 Å². The number of halogens is 2. The third-order valence-electron chi connectivity index (χ3n) is 4.94. The molecule has 1 heterocycles. The van der Waals surface area contributed by atoms with Crippen LogP contribution in [0.25, 0.3) is 0 Å². The highest BCUT2D eigenvalue weighted by atomic mass is 35.5. The average molecular weight is 411 g/mol. The summed E-state index contributed by atoms with van der Waals surface area (Å²) in [6, 6.07) is 21.2. The van der Waals surface area contributed by atoms with Gasteiger partial charge >= 0.3 is 0 Å². The molecule has 1 atom stereocenters. The molecular weight excluding hydrogens is 391 g/mol. The number of carbonyl (C=O) groups excluding carboxylic acids is 1. The quantitative estimate of drug-likeness (QED) is 0.517. The first-order valence-electron chi connectivity index (χ1n) is 9.31. The van der Waals surface area contributed by atoms with Gasteiger partial charge in [0.15, 0.2) is 0 Å². The van der Waals surface area contributed by atoms with Crippen LogP contribution in [0.5, 0.6) is 0 Å². The van der Waals surface area contributed by atoms with Gasteiger partial charge in [-0.1, -0.05) is 66.9 Å². The molecule has 1 amide bonds. The fourth-order valence-corrected chi connectivity index (χ4v) is 3.85. The van der Waals surface area contributed by atoms with E-state index in [0.717, 1.165) is 29.8 Å². The zero-order valence-corrected chi connectivity index (χ0v) is 17.0. The Kier molecular flexibility index (Phi) is 5.29. The number of para-hydroxylation sites is 1. The summed E-state index contributed by atoms with van der Waals surface area (Å²) in [7, 11) is 0. The van der Waals surface area contributed by atoms with Gasteiger partial charge in [-0.25, -0.2) is 0 Å². The smallest absolute Gasteiger partial charge is 0.262 e. The van der Waals surface area contributed by atoms with Crippen LogP contribution in [0, 0.1) is 0 Å². The Labute approximate surface area is 174 Å². The standard InChI is InChI=1S/C23H20Cl2N2O/c1-2-5-15-8-11-17(12-9-15)27-22(16-10-13-19(24)20(25)14-16)26-21-7-4-3-6-18(21)23(27)28/h3-4,6-14,22,26H,2,5H2,1H3. The Morgan fingerprint density at radius 3 is 2.43 bits per heavy atom. The second-order valence-electron chi connectivity index (χ2n) is 6.86. The molecule has 0 saturated carbocycles. The van der Waals surface area contributed by atoms with Crippen molar-refractivity contribution < 1.29 is 4.79 Å². The summed E-state index contributed by atoms with van der Waals surface area (Å²) in [5.41, 5.74) is 4.42. The van der Waals surface area contributed by atoms with Crippen molar-refractivity contribution in [2.75, 3.05) is 10.2 Å². The Bertz CT molecular complexity index is 1020. The molecule has 0 spiro atoms. The number of rotatable bonds is 4. The van der Waals surface area contributed by atoms with E-state index in [0.29, 0.717) is 15.6 Å². The molecule has 1 N–H and O–H groups in total. The van der Waals surface area contributed by atoms with Crippen LogP contribution >= 0.6 is 23.2 Å². The van der Waals surface area contributed by atoms with Crippen LogP contribution in [0.1, 0.15) is 41.0 Å². The maximum Gasteiger partial charge on any atom is 0.262 e. The van der Waals surface area contributed by atoms with Gasteiger partial charge in [-0.2, -0.15) is 0 Å². The van der Waals surface area contributed by atoms with E-state index in [1.54, 1.807) is 17.0 Å². The van der Waals surface area contributed by atoms with Gasteiger partial charge in [0.05, 0.1) is 15.6 Å². The van der Waals surface area contributed by atoms with Crippen molar-refractivity contribution in [1.82, 2.24) is 0 Å². The predicted molar refractivity (Wildman–Crippen MR) is 117 cm³/mol. The molecule has 1 unspecified atom stereocenters. The van der Waals surface area contributed by atoms with Crippen LogP contribution in [0.15, 0.2) is 66.7 Å². The molecule has 0 radical (unpaired) electrons. The number of fused-ring (bicyclic) bond motifs is 1. The van der Waals surface area contributed by atoms with Crippen molar-refractivity contribution >= 4 is 40.5 Å². The van der Waals surface area contributed by atoms with E-state index in [2.05, 4.69) is 24.4 Å². The van der Waals surface area contributed by atoms with E-state index < -0.39 is 0 Å². The third-order valence-corrected chi connectivity index (χ3v) is 5.68. The highest BCUT2D eigenvalue weighted by Crippen LogP contribution is 2.38. The summed E-state index contributed by atoms with van der Waals surface area (Å²) >= 11 is 12.4. The molecule has 142 valence electrons. The van der Waals surface area contributed by atoms with Gasteiger partial charge in [-0.3, -0.25) is 9.69 Å². The number of benzene rings is 3. The first-order chi connectivity index (χ1) is 13.6. The Hall–Kier alpha value is -2.49. The normalized spacial score (nSPS) is 15.9. The summed E-state index contributed by atoms with van der Waals surface area (Å²) in [6.45, 7) is 2.16. The van der Waals surface area contributed by atoms with E-state index in [-0.39, 0.29) is 12.1 Å². The van der Waals surface area contributed by atoms with E-state index >= 15 is 0 Å². The second kappa shape index (κ2) is 7.86. The van der Waals surface area contributed by atoms with Crippen LogP contribution in [-0.4, -0.2) is 5.91 Å². The summed E-state index contributed by atoms with van der Waals surface area (Å²) in [4.78, 5) is 15.2. The molecule has 1 aliphatic heterocycles. The second-order valence-corrected chi connectivity index (χ2v) is 7.67. The molecule has 0 fully saturated rings. The van der Waals surface area contributed by atoms with Gasteiger partial charge in [-0.15, -0.1) is 0 Å². The van der Waals surface area contributed by atoms with Crippen LogP contribution in [-0.2, 0) is 6.42 Å².